The molecule has 11 heteroatoms. The number of sulfone groups is 1. The molecule has 1 aliphatic carbocycles. The van der Waals surface area contributed by atoms with Crippen LogP contribution < -0.4 is 4.74 Å². The Morgan fingerprint density at radius 1 is 1.11 bits per heavy atom. The maximum atomic E-state index is 13.6. The third kappa shape index (κ3) is 5.00. The van der Waals surface area contributed by atoms with E-state index in [1.165, 1.54) is 30.2 Å². The lowest BCUT2D eigenvalue weighted by Gasteiger charge is -2.27. The second-order valence-corrected chi connectivity index (χ2v) is 11.8. The van der Waals surface area contributed by atoms with E-state index in [0.717, 1.165) is 5.56 Å². The monoisotopic (exact) mass is 541 g/mol. The van der Waals surface area contributed by atoms with Gasteiger partial charge in [-0.3, -0.25) is 4.79 Å². The number of likely N-dealkylation sites (tertiary alicyclic amines) is 1. The summed E-state index contributed by atoms with van der Waals surface area (Å²) in [6, 6.07) is 9.85. The fraction of sp³-hybridized carbons (Fsp3) is 0.417. The highest BCUT2D eigenvalue weighted by Crippen LogP contribution is 2.51. The zero-order chi connectivity index (χ0) is 25.4. The maximum Gasteiger partial charge on any atom is 0.326 e. The summed E-state index contributed by atoms with van der Waals surface area (Å²) in [6.45, 7) is 0.405. The third-order valence-electron chi connectivity index (χ3n) is 6.57. The number of carbonyl (C=O) groups is 2. The number of benzene rings is 2. The molecule has 2 aromatic carbocycles. The summed E-state index contributed by atoms with van der Waals surface area (Å²) in [5.41, 5.74) is -0.107. The first kappa shape index (κ1) is 25.8. The van der Waals surface area contributed by atoms with Crippen molar-refractivity contribution in [1.82, 2.24) is 4.90 Å². The number of halogens is 2. The number of ether oxygens (including phenoxy) is 2. The minimum atomic E-state index is -4.03. The molecule has 0 aromatic heterocycles. The number of methoxy groups -OCH3 is 1. The van der Waals surface area contributed by atoms with Crippen LogP contribution in [-0.2, 0) is 29.6 Å². The van der Waals surface area contributed by atoms with Crippen molar-refractivity contribution in [3.05, 3.63) is 58.1 Å². The van der Waals surface area contributed by atoms with Gasteiger partial charge in [-0.05, 0) is 49.1 Å². The van der Waals surface area contributed by atoms with Crippen LogP contribution in [0.15, 0.2) is 47.4 Å². The Bertz CT molecular complexity index is 1230. The quantitative estimate of drug-likeness (QED) is 0.483. The lowest BCUT2D eigenvalue weighted by Crippen LogP contribution is -2.46. The van der Waals surface area contributed by atoms with Gasteiger partial charge in [0, 0.05) is 24.7 Å². The molecule has 2 aromatic rings. The Balaban J connectivity index is 1.58. The van der Waals surface area contributed by atoms with Crippen LogP contribution in [0.25, 0.3) is 0 Å². The molecule has 35 heavy (non-hydrogen) atoms. The second-order valence-electron chi connectivity index (χ2n) is 8.74. The summed E-state index contributed by atoms with van der Waals surface area (Å²) >= 11 is 12.3. The lowest BCUT2D eigenvalue weighted by atomic mass is 9.94. The van der Waals surface area contributed by atoms with E-state index in [9.17, 15) is 23.1 Å². The molecule has 0 spiro atoms. The minimum Gasteiger partial charge on any atom is -0.491 e. The largest absolute Gasteiger partial charge is 0.491 e. The molecule has 1 N–H and O–H groups in total. The van der Waals surface area contributed by atoms with Crippen LogP contribution in [0.4, 0.5) is 0 Å². The van der Waals surface area contributed by atoms with Crippen LogP contribution in [0.2, 0.25) is 10.0 Å². The molecule has 0 radical (unpaired) electrons. The topological polar surface area (TPSA) is 110 Å². The van der Waals surface area contributed by atoms with Crippen LogP contribution in [-0.4, -0.2) is 68.5 Å². The highest BCUT2D eigenvalue weighted by atomic mass is 35.5. The number of aliphatic carboxylic acids is 1. The average Bonchev–Trinajstić information content (AvgIpc) is 3.49. The minimum absolute atomic E-state index is 0.0311. The number of hydrogen-bond donors (Lipinski definition) is 1. The van der Waals surface area contributed by atoms with Crippen molar-refractivity contribution in [2.75, 3.05) is 26.9 Å². The Morgan fingerprint density at radius 3 is 2.37 bits per heavy atom. The van der Waals surface area contributed by atoms with E-state index in [0.29, 0.717) is 30.2 Å². The molecule has 1 amide bonds. The zero-order valence-electron chi connectivity index (χ0n) is 18.9. The van der Waals surface area contributed by atoms with Gasteiger partial charge in [0.25, 0.3) is 0 Å². The van der Waals surface area contributed by atoms with Gasteiger partial charge in [0.2, 0.25) is 5.91 Å². The van der Waals surface area contributed by atoms with Gasteiger partial charge in [0.1, 0.15) is 18.4 Å². The van der Waals surface area contributed by atoms with Gasteiger partial charge in [-0.2, -0.15) is 0 Å². The Morgan fingerprint density at radius 2 is 1.80 bits per heavy atom. The fourth-order valence-corrected chi connectivity index (χ4v) is 6.86. The molecular weight excluding hydrogens is 517 g/mol. The number of carbonyl (C=O) groups excluding carboxylic acids is 1. The maximum absolute atomic E-state index is 13.6. The third-order valence-corrected chi connectivity index (χ3v) is 9.43. The van der Waals surface area contributed by atoms with E-state index in [1.807, 2.05) is 0 Å². The van der Waals surface area contributed by atoms with Gasteiger partial charge in [0.05, 0.1) is 27.2 Å². The summed E-state index contributed by atoms with van der Waals surface area (Å²) in [6.07, 6.45) is 0.899. The van der Waals surface area contributed by atoms with E-state index in [4.69, 9.17) is 32.7 Å². The summed E-state index contributed by atoms with van der Waals surface area (Å²) in [4.78, 5) is 26.7. The summed E-state index contributed by atoms with van der Waals surface area (Å²) in [7, 11) is -2.49. The molecule has 1 saturated carbocycles. The molecule has 0 unspecified atom stereocenters. The molecule has 188 valence electrons. The number of hydrogen-bond acceptors (Lipinski definition) is 6. The standard InChI is InChI=1S/C24H25Cl2NO7S/c1-33-10-11-34-17-6-7-21(19(26)12-17)35(31,32)18-13-20(22(28)29)27(14-18)23(30)24(8-9-24)15-2-4-16(25)5-3-15/h2-7,12,18,20H,8-11,13-14H2,1H3,(H,28,29)/t18-,20+/m1/s1. The van der Waals surface area contributed by atoms with Crippen molar-refractivity contribution in [2.24, 2.45) is 0 Å². The van der Waals surface area contributed by atoms with Gasteiger partial charge in [0.15, 0.2) is 9.84 Å². The van der Waals surface area contributed by atoms with E-state index in [1.54, 1.807) is 24.3 Å². The van der Waals surface area contributed by atoms with Gasteiger partial charge in [-0.15, -0.1) is 0 Å². The predicted octanol–water partition coefficient (Wildman–Crippen LogP) is 3.58. The van der Waals surface area contributed by atoms with Gasteiger partial charge in [-0.1, -0.05) is 35.3 Å². The van der Waals surface area contributed by atoms with Crippen molar-refractivity contribution in [3.63, 3.8) is 0 Å². The number of nitrogens with zero attached hydrogens (tertiary/aromatic N) is 1. The van der Waals surface area contributed by atoms with Crippen LogP contribution in [0.1, 0.15) is 24.8 Å². The normalized spacial score (nSPS) is 21.1. The lowest BCUT2D eigenvalue weighted by molar-refractivity contribution is -0.149. The first-order chi connectivity index (χ1) is 16.6. The molecule has 0 bridgehead atoms. The zero-order valence-corrected chi connectivity index (χ0v) is 21.3. The number of rotatable bonds is 9. The van der Waals surface area contributed by atoms with Gasteiger partial charge < -0.3 is 19.5 Å². The Labute approximate surface area is 213 Å². The number of amides is 1. The van der Waals surface area contributed by atoms with Crippen molar-refractivity contribution < 1.29 is 32.6 Å². The fourth-order valence-electron chi connectivity index (χ4n) is 4.50. The van der Waals surface area contributed by atoms with Crippen LogP contribution in [0.3, 0.4) is 0 Å². The summed E-state index contributed by atoms with van der Waals surface area (Å²) in [5.74, 6) is -1.23. The van der Waals surface area contributed by atoms with Crippen LogP contribution in [0.5, 0.6) is 5.75 Å². The highest BCUT2D eigenvalue weighted by molar-refractivity contribution is 7.92. The molecule has 2 atom stereocenters. The molecule has 1 heterocycles. The van der Waals surface area contributed by atoms with E-state index < -0.39 is 32.5 Å². The van der Waals surface area contributed by atoms with E-state index in [2.05, 4.69) is 0 Å². The molecule has 2 aliphatic rings. The van der Waals surface area contributed by atoms with Crippen molar-refractivity contribution in [1.29, 1.82) is 0 Å². The van der Waals surface area contributed by atoms with Gasteiger partial charge in [-0.25, -0.2) is 13.2 Å². The van der Waals surface area contributed by atoms with E-state index >= 15 is 0 Å². The number of carboxylic acid groups (broad SMARTS) is 1. The summed E-state index contributed by atoms with van der Waals surface area (Å²) in [5, 5.41) is 9.21. The molecule has 1 saturated heterocycles. The van der Waals surface area contributed by atoms with Crippen molar-refractivity contribution in [3.8, 4) is 5.75 Å². The van der Waals surface area contributed by atoms with Gasteiger partial charge >= 0.3 is 5.97 Å². The number of carboxylic acids is 1. The second kappa shape index (κ2) is 9.97. The first-order valence-electron chi connectivity index (χ1n) is 11.1. The van der Waals surface area contributed by atoms with Crippen LogP contribution >= 0.6 is 23.2 Å². The molecule has 8 nitrogen and oxygen atoms in total. The van der Waals surface area contributed by atoms with Crippen LogP contribution in [0, 0.1) is 0 Å². The average molecular weight is 542 g/mol. The molecule has 1 aliphatic heterocycles. The Kier molecular flexibility index (Phi) is 7.33. The summed E-state index contributed by atoms with van der Waals surface area (Å²) < 4.78 is 37.3. The van der Waals surface area contributed by atoms with Crippen molar-refractivity contribution in [2.45, 2.75) is 40.9 Å². The highest BCUT2D eigenvalue weighted by Gasteiger charge is 2.57. The smallest absolute Gasteiger partial charge is 0.326 e. The molecule has 2 fully saturated rings. The first-order valence-corrected chi connectivity index (χ1v) is 13.4. The predicted molar refractivity (Wildman–Crippen MR) is 130 cm³/mol. The Hall–Kier alpha value is -2.33. The SMILES string of the molecule is COCCOc1ccc(S(=O)(=O)[C@@H]2C[C@@H](C(=O)O)N(C(=O)C3(c4ccc(Cl)cc4)CC3)C2)c(Cl)c1. The van der Waals surface area contributed by atoms with Crippen molar-refractivity contribution >= 4 is 44.9 Å². The molecule has 4 rings (SSSR count). The molecular formula is C24H25Cl2NO7S. The van der Waals surface area contributed by atoms with E-state index in [-0.39, 0.29) is 35.4 Å².